The topological polar surface area (TPSA) is 37.3 Å². The Hall–Kier alpha value is 0.100. The third kappa shape index (κ3) is 2.25. The normalized spacial score (nSPS) is 54.4. The van der Waals surface area contributed by atoms with Crippen molar-refractivity contribution in [3.05, 3.63) is 10.2 Å². The van der Waals surface area contributed by atoms with Gasteiger partial charge in [0, 0.05) is 18.3 Å². The lowest BCUT2D eigenvalue weighted by Crippen LogP contribution is -2.56. The predicted molar refractivity (Wildman–Crippen MR) is 105 cm³/mol. The van der Waals surface area contributed by atoms with E-state index in [1.165, 1.54) is 25.7 Å². The zero-order chi connectivity index (χ0) is 17.2. The summed E-state index contributed by atoms with van der Waals surface area (Å²) < 4.78 is 2.02. The van der Waals surface area contributed by atoms with E-state index in [1.807, 2.05) is 4.08 Å². The molecule has 4 aliphatic rings. The minimum Gasteiger partial charge on any atom is -0.385 e. The first-order valence-corrected chi connectivity index (χ1v) is 11.1. The van der Waals surface area contributed by atoms with Crippen molar-refractivity contribution in [3.63, 3.8) is 0 Å². The Labute approximate surface area is 160 Å². The third-order valence-corrected chi connectivity index (χ3v) is 9.40. The molecule has 0 bridgehead atoms. The van der Waals surface area contributed by atoms with Crippen molar-refractivity contribution in [2.24, 2.45) is 34.5 Å². The minimum absolute atomic E-state index is 0.0452. The number of aliphatic hydroxyl groups is 1. The molecule has 7 atom stereocenters. The molecule has 4 aliphatic carbocycles. The molecule has 4 saturated carbocycles. The number of ketones is 1. The van der Waals surface area contributed by atoms with E-state index in [9.17, 15) is 9.90 Å². The Morgan fingerprint density at radius 3 is 2.58 bits per heavy atom. The van der Waals surface area contributed by atoms with Crippen LogP contribution in [0.5, 0.6) is 0 Å². The highest BCUT2D eigenvalue weighted by molar-refractivity contribution is 14.1. The van der Waals surface area contributed by atoms with Crippen LogP contribution in [0.2, 0.25) is 0 Å². The summed E-state index contributed by atoms with van der Waals surface area (Å²) in [6.07, 6.45) is 11.8. The van der Waals surface area contributed by atoms with E-state index >= 15 is 0 Å². The summed E-state index contributed by atoms with van der Waals surface area (Å²) in [6, 6.07) is 0. The number of carbonyl (C=O) groups is 1. The zero-order valence-corrected chi connectivity index (χ0v) is 17.2. The van der Waals surface area contributed by atoms with Crippen molar-refractivity contribution >= 4 is 28.4 Å². The summed E-state index contributed by atoms with van der Waals surface area (Å²) in [5.74, 6) is 3.31. The summed E-state index contributed by atoms with van der Waals surface area (Å²) in [4.78, 5) is 12.0. The van der Waals surface area contributed by atoms with Crippen LogP contribution < -0.4 is 0 Å². The van der Waals surface area contributed by atoms with Gasteiger partial charge in [0.1, 0.15) is 5.78 Å². The Morgan fingerprint density at radius 1 is 1.08 bits per heavy atom. The summed E-state index contributed by atoms with van der Waals surface area (Å²) in [5, 5.41) is 11.3. The number of halogens is 1. The number of rotatable bonds is 1. The zero-order valence-electron chi connectivity index (χ0n) is 15.1. The number of Topliss-reactive ketones (excluding diaryl/α,β-unsaturated/α-hetero) is 1. The van der Waals surface area contributed by atoms with Crippen LogP contribution in [-0.4, -0.2) is 16.5 Å². The lowest BCUT2D eigenvalue weighted by molar-refractivity contribution is -0.148. The fraction of sp³-hybridized carbons (Fsp3) is 0.857. The molecule has 0 aromatic heterocycles. The molecule has 2 nitrogen and oxygen atoms in total. The first kappa shape index (κ1) is 17.5. The van der Waals surface area contributed by atoms with Crippen LogP contribution in [0.15, 0.2) is 10.2 Å². The van der Waals surface area contributed by atoms with Gasteiger partial charge in [0.2, 0.25) is 0 Å². The lowest BCUT2D eigenvalue weighted by atomic mass is 9.44. The summed E-state index contributed by atoms with van der Waals surface area (Å²) in [7, 11) is 0. The van der Waals surface area contributed by atoms with Gasteiger partial charge in [-0.3, -0.25) is 4.79 Å². The van der Waals surface area contributed by atoms with E-state index in [0.717, 1.165) is 43.9 Å². The first-order valence-electron chi connectivity index (χ1n) is 9.86. The van der Waals surface area contributed by atoms with Crippen LogP contribution in [0.25, 0.3) is 0 Å². The van der Waals surface area contributed by atoms with Gasteiger partial charge in [0.15, 0.2) is 0 Å². The molecule has 134 valence electrons. The van der Waals surface area contributed by atoms with Gasteiger partial charge in [0.05, 0.1) is 5.60 Å². The van der Waals surface area contributed by atoms with Gasteiger partial charge in [-0.05, 0) is 84.2 Å². The molecule has 0 saturated heterocycles. The molecule has 0 amide bonds. The minimum atomic E-state index is -0.607. The molecule has 1 N–H and O–H groups in total. The molecule has 4 fully saturated rings. The molecular weight excluding hydrogens is 411 g/mol. The van der Waals surface area contributed by atoms with Gasteiger partial charge < -0.3 is 5.11 Å². The van der Waals surface area contributed by atoms with Crippen molar-refractivity contribution in [3.8, 4) is 0 Å². The highest BCUT2D eigenvalue weighted by Gasteiger charge is 2.63. The fourth-order valence-corrected chi connectivity index (χ4v) is 8.07. The van der Waals surface area contributed by atoms with E-state index in [1.54, 1.807) is 0 Å². The largest absolute Gasteiger partial charge is 0.385 e. The van der Waals surface area contributed by atoms with Gasteiger partial charge in [-0.25, -0.2) is 0 Å². The van der Waals surface area contributed by atoms with Crippen LogP contribution in [0.1, 0.15) is 71.6 Å². The highest BCUT2D eigenvalue weighted by atomic mass is 127. The summed E-state index contributed by atoms with van der Waals surface area (Å²) in [5.41, 5.74) is -0.189. The monoisotopic (exact) mass is 442 g/mol. The third-order valence-electron chi connectivity index (χ3n) is 9.04. The summed E-state index contributed by atoms with van der Waals surface area (Å²) >= 11 is 2.25. The molecule has 0 aromatic rings. The van der Waals surface area contributed by atoms with E-state index in [0.29, 0.717) is 23.0 Å². The number of fused-ring (bicyclic) bond motifs is 5. The number of hydrogen-bond donors (Lipinski definition) is 1. The molecular formula is C21H31IO2. The maximum atomic E-state index is 12.0. The van der Waals surface area contributed by atoms with Crippen LogP contribution in [0.4, 0.5) is 0 Å². The van der Waals surface area contributed by atoms with Crippen LogP contribution in [0.3, 0.4) is 0 Å². The van der Waals surface area contributed by atoms with Crippen molar-refractivity contribution in [2.75, 3.05) is 0 Å². The highest BCUT2D eigenvalue weighted by Crippen LogP contribution is 2.68. The van der Waals surface area contributed by atoms with Gasteiger partial charge in [-0.1, -0.05) is 36.4 Å². The standard InChI is InChI=1S/C21H31IO2/c1-19-8-5-15(23)13-14(19)3-4-16-17(19)6-9-20(2)18(16)7-10-21(20,24)11-12-22/h11-12,14,16-18,24H,3-10,13H2,1-2H3/b12-11+/t14-,16+,17-,18-,19-,20-,21?/m0/s1. The molecule has 24 heavy (non-hydrogen) atoms. The van der Waals surface area contributed by atoms with Gasteiger partial charge in [-0.2, -0.15) is 0 Å². The molecule has 0 aromatic carbocycles. The van der Waals surface area contributed by atoms with Crippen LogP contribution in [-0.2, 0) is 4.79 Å². The van der Waals surface area contributed by atoms with Crippen LogP contribution >= 0.6 is 22.6 Å². The van der Waals surface area contributed by atoms with Crippen molar-refractivity contribution in [1.29, 1.82) is 0 Å². The lowest BCUT2D eigenvalue weighted by Gasteiger charge is -2.60. The molecule has 3 heteroatoms. The number of carbonyl (C=O) groups excluding carboxylic acids is 1. The van der Waals surface area contributed by atoms with Crippen molar-refractivity contribution < 1.29 is 9.90 Å². The maximum absolute atomic E-state index is 12.0. The van der Waals surface area contributed by atoms with Gasteiger partial charge in [0.25, 0.3) is 0 Å². The predicted octanol–water partition coefficient (Wildman–Crippen LogP) is 5.28. The van der Waals surface area contributed by atoms with E-state index in [4.69, 9.17) is 0 Å². The van der Waals surface area contributed by atoms with E-state index in [-0.39, 0.29) is 5.41 Å². The smallest absolute Gasteiger partial charge is 0.133 e. The molecule has 0 aliphatic heterocycles. The molecule has 0 radical (unpaired) electrons. The van der Waals surface area contributed by atoms with E-state index < -0.39 is 5.60 Å². The molecule has 0 spiro atoms. The average molecular weight is 442 g/mol. The maximum Gasteiger partial charge on any atom is 0.133 e. The van der Waals surface area contributed by atoms with Crippen molar-refractivity contribution in [2.45, 2.75) is 77.2 Å². The van der Waals surface area contributed by atoms with Crippen molar-refractivity contribution in [1.82, 2.24) is 0 Å². The molecule has 1 unspecified atom stereocenters. The Balaban J connectivity index is 1.64. The first-order chi connectivity index (χ1) is 11.3. The second-order valence-corrected chi connectivity index (χ2v) is 10.3. The average Bonchev–Trinajstić information content (AvgIpc) is 2.80. The van der Waals surface area contributed by atoms with Crippen LogP contribution in [0, 0.1) is 34.5 Å². The van der Waals surface area contributed by atoms with Gasteiger partial charge >= 0.3 is 0 Å². The number of hydrogen-bond acceptors (Lipinski definition) is 2. The fourth-order valence-electron chi connectivity index (χ4n) is 7.47. The molecule has 0 heterocycles. The SMILES string of the molecule is C[C@]12CCC(=O)C[C@@H]1CC[C@@H]1[C@@H]2CC[C@@]2(C)[C@H]1CCC2(O)/C=C/I. The molecule has 4 rings (SSSR count). The summed E-state index contributed by atoms with van der Waals surface area (Å²) in [6.45, 7) is 4.85. The quantitative estimate of drug-likeness (QED) is 0.562. The van der Waals surface area contributed by atoms with Gasteiger partial charge in [-0.15, -0.1) is 0 Å². The second-order valence-electron chi connectivity index (χ2n) is 9.61. The Bertz CT molecular complexity index is 572. The van der Waals surface area contributed by atoms with E-state index in [2.05, 4.69) is 42.5 Å². The Kier molecular flexibility index (Phi) is 4.23. The Morgan fingerprint density at radius 2 is 1.83 bits per heavy atom. The second kappa shape index (κ2) is 5.80.